The number of nitrogen functional groups attached to an aromatic ring is 1. The first kappa shape index (κ1) is 11.7. The van der Waals surface area contributed by atoms with Crippen LogP contribution in [-0.2, 0) is 0 Å². The Morgan fingerprint density at radius 2 is 2.31 bits per heavy atom. The number of pyridine rings is 1. The lowest BCUT2D eigenvalue weighted by Crippen LogP contribution is -2.35. The van der Waals surface area contributed by atoms with E-state index in [0.717, 1.165) is 40.5 Å². The molecule has 0 saturated carbocycles. The number of nitrogens with two attached hydrogens (primary N) is 1. The lowest BCUT2D eigenvalue weighted by Gasteiger charge is -2.32. The Labute approximate surface area is 105 Å². The van der Waals surface area contributed by atoms with Gasteiger partial charge in [0.15, 0.2) is 0 Å². The third kappa shape index (κ3) is 2.17. The van der Waals surface area contributed by atoms with Crippen molar-refractivity contribution in [3.8, 4) is 0 Å². The quantitative estimate of drug-likeness (QED) is 0.862. The highest BCUT2D eigenvalue weighted by molar-refractivity contribution is 9.10. The van der Waals surface area contributed by atoms with Crippen LogP contribution in [0.4, 0.5) is 11.5 Å². The van der Waals surface area contributed by atoms with Crippen molar-refractivity contribution in [3.05, 3.63) is 16.2 Å². The molecule has 0 bridgehead atoms. The molecule has 1 aliphatic heterocycles. The van der Waals surface area contributed by atoms with E-state index in [-0.39, 0.29) is 0 Å². The van der Waals surface area contributed by atoms with Crippen molar-refractivity contribution in [2.75, 3.05) is 23.7 Å². The predicted molar refractivity (Wildman–Crippen MR) is 71.7 cm³/mol. The summed E-state index contributed by atoms with van der Waals surface area (Å²) < 4.78 is 1.04. The molecule has 1 atom stereocenters. The Morgan fingerprint density at radius 3 is 3.00 bits per heavy atom. The maximum Gasteiger partial charge on any atom is 0.143 e. The number of nitrogens with zero attached hydrogens (tertiary/aromatic N) is 2. The third-order valence-electron chi connectivity index (χ3n) is 3.24. The Kier molecular flexibility index (Phi) is 3.38. The molecule has 4 heteroatoms. The SMILES string of the molecule is Cc1c(N)cnc(N2CCCC(C)C2)c1Br. The highest BCUT2D eigenvalue weighted by atomic mass is 79.9. The molecule has 2 heterocycles. The molecule has 0 radical (unpaired) electrons. The van der Waals surface area contributed by atoms with Gasteiger partial charge >= 0.3 is 0 Å². The summed E-state index contributed by atoms with van der Waals surface area (Å²) in [5.41, 5.74) is 7.67. The number of hydrogen-bond acceptors (Lipinski definition) is 3. The van der Waals surface area contributed by atoms with Crippen molar-refractivity contribution in [2.24, 2.45) is 5.92 Å². The minimum absolute atomic E-state index is 0.750. The lowest BCUT2D eigenvalue weighted by molar-refractivity contribution is 0.444. The van der Waals surface area contributed by atoms with Crippen molar-refractivity contribution in [3.63, 3.8) is 0 Å². The van der Waals surface area contributed by atoms with E-state index in [1.54, 1.807) is 6.20 Å². The Hall–Kier alpha value is -0.770. The molecular weight excluding hydrogens is 266 g/mol. The first-order chi connectivity index (χ1) is 7.59. The van der Waals surface area contributed by atoms with Gasteiger partial charge in [0, 0.05) is 13.1 Å². The first-order valence-electron chi connectivity index (χ1n) is 5.75. The van der Waals surface area contributed by atoms with Gasteiger partial charge in [-0.3, -0.25) is 0 Å². The topological polar surface area (TPSA) is 42.1 Å². The number of rotatable bonds is 1. The van der Waals surface area contributed by atoms with Gasteiger partial charge in [0.1, 0.15) is 5.82 Å². The van der Waals surface area contributed by atoms with Gasteiger partial charge in [0.25, 0.3) is 0 Å². The third-order valence-corrected chi connectivity index (χ3v) is 4.19. The van der Waals surface area contributed by atoms with Gasteiger partial charge < -0.3 is 10.6 Å². The summed E-state index contributed by atoms with van der Waals surface area (Å²) in [6.07, 6.45) is 4.33. The van der Waals surface area contributed by atoms with Crippen LogP contribution in [0.15, 0.2) is 10.7 Å². The highest BCUT2D eigenvalue weighted by Crippen LogP contribution is 2.32. The van der Waals surface area contributed by atoms with Crippen LogP contribution in [0.3, 0.4) is 0 Å². The molecule has 0 aromatic carbocycles. The molecule has 0 spiro atoms. The molecule has 1 saturated heterocycles. The second kappa shape index (κ2) is 4.62. The number of halogens is 1. The number of piperidine rings is 1. The van der Waals surface area contributed by atoms with Gasteiger partial charge in [-0.25, -0.2) is 4.98 Å². The minimum Gasteiger partial charge on any atom is -0.397 e. The van der Waals surface area contributed by atoms with Crippen molar-refractivity contribution >= 4 is 27.4 Å². The monoisotopic (exact) mass is 283 g/mol. The second-order valence-corrected chi connectivity index (χ2v) is 5.46. The Morgan fingerprint density at radius 1 is 1.56 bits per heavy atom. The molecule has 88 valence electrons. The molecule has 2 N–H and O–H groups in total. The lowest BCUT2D eigenvalue weighted by atomic mass is 10.0. The van der Waals surface area contributed by atoms with E-state index in [2.05, 4.69) is 32.7 Å². The van der Waals surface area contributed by atoms with Crippen molar-refractivity contribution in [2.45, 2.75) is 26.7 Å². The fraction of sp³-hybridized carbons (Fsp3) is 0.583. The fourth-order valence-corrected chi connectivity index (χ4v) is 2.76. The van der Waals surface area contributed by atoms with Gasteiger partial charge in [-0.05, 0) is 47.2 Å². The summed E-state index contributed by atoms with van der Waals surface area (Å²) in [7, 11) is 0. The molecular formula is C12H18BrN3. The van der Waals surface area contributed by atoms with Crippen LogP contribution in [-0.4, -0.2) is 18.1 Å². The zero-order chi connectivity index (χ0) is 11.7. The Bertz CT molecular complexity index is 392. The van der Waals surface area contributed by atoms with Crippen LogP contribution in [0.5, 0.6) is 0 Å². The van der Waals surface area contributed by atoms with E-state index in [1.807, 2.05) is 6.92 Å². The molecule has 2 rings (SSSR count). The molecule has 16 heavy (non-hydrogen) atoms. The number of hydrogen-bond donors (Lipinski definition) is 1. The number of aromatic nitrogens is 1. The summed E-state index contributed by atoms with van der Waals surface area (Å²) in [5.74, 6) is 1.79. The summed E-state index contributed by atoms with van der Waals surface area (Å²) in [4.78, 5) is 6.80. The first-order valence-corrected chi connectivity index (χ1v) is 6.54. The van der Waals surface area contributed by atoms with Gasteiger partial charge in [0.2, 0.25) is 0 Å². The zero-order valence-corrected chi connectivity index (χ0v) is 11.4. The standard InChI is InChI=1S/C12H18BrN3/c1-8-4-3-5-16(7-8)12-11(13)9(2)10(14)6-15-12/h6,8H,3-5,7,14H2,1-2H3. The largest absolute Gasteiger partial charge is 0.397 e. The van der Waals surface area contributed by atoms with E-state index in [4.69, 9.17) is 5.73 Å². The molecule has 1 unspecified atom stereocenters. The molecule has 1 aromatic rings. The summed E-state index contributed by atoms with van der Waals surface area (Å²) >= 11 is 3.60. The molecule has 0 aliphatic carbocycles. The van der Waals surface area contributed by atoms with E-state index < -0.39 is 0 Å². The summed E-state index contributed by atoms with van der Waals surface area (Å²) in [6, 6.07) is 0. The molecule has 0 amide bonds. The average molecular weight is 284 g/mol. The van der Waals surface area contributed by atoms with Crippen LogP contribution in [0.1, 0.15) is 25.3 Å². The summed E-state index contributed by atoms with van der Waals surface area (Å²) in [5, 5.41) is 0. The van der Waals surface area contributed by atoms with Crippen molar-refractivity contribution in [1.82, 2.24) is 4.98 Å². The van der Waals surface area contributed by atoms with E-state index in [0.29, 0.717) is 0 Å². The smallest absolute Gasteiger partial charge is 0.143 e. The minimum atomic E-state index is 0.750. The molecule has 3 nitrogen and oxygen atoms in total. The highest BCUT2D eigenvalue weighted by Gasteiger charge is 2.20. The predicted octanol–water partition coefficient (Wildman–Crippen LogP) is 2.97. The van der Waals surface area contributed by atoms with Crippen LogP contribution >= 0.6 is 15.9 Å². The van der Waals surface area contributed by atoms with Gasteiger partial charge in [-0.2, -0.15) is 0 Å². The van der Waals surface area contributed by atoms with Crippen molar-refractivity contribution in [1.29, 1.82) is 0 Å². The van der Waals surface area contributed by atoms with Crippen LogP contribution in [0.2, 0.25) is 0 Å². The van der Waals surface area contributed by atoms with Gasteiger partial charge in [-0.1, -0.05) is 6.92 Å². The maximum atomic E-state index is 5.84. The average Bonchev–Trinajstić information content (AvgIpc) is 2.26. The van der Waals surface area contributed by atoms with Crippen molar-refractivity contribution < 1.29 is 0 Å². The van der Waals surface area contributed by atoms with Crippen LogP contribution in [0.25, 0.3) is 0 Å². The normalized spacial score (nSPS) is 21.2. The van der Waals surface area contributed by atoms with Crippen LogP contribution < -0.4 is 10.6 Å². The maximum absolute atomic E-state index is 5.84. The summed E-state index contributed by atoms with van der Waals surface area (Å²) in [6.45, 7) is 6.51. The Balaban J connectivity index is 2.29. The van der Waals surface area contributed by atoms with E-state index >= 15 is 0 Å². The second-order valence-electron chi connectivity index (χ2n) is 4.67. The molecule has 1 aliphatic rings. The molecule has 1 aromatic heterocycles. The van der Waals surface area contributed by atoms with E-state index in [1.165, 1.54) is 12.8 Å². The molecule has 1 fully saturated rings. The van der Waals surface area contributed by atoms with E-state index in [9.17, 15) is 0 Å². The zero-order valence-electron chi connectivity index (χ0n) is 9.83. The van der Waals surface area contributed by atoms with Gasteiger partial charge in [0.05, 0.1) is 16.4 Å². The van der Waals surface area contributed by atoms with Gasteiger partial charge in [-0.15, -0.1) is 0 Å². The number of anilines is 2. The fourth-order valence-electron chi connectivity index (χ4n) is 2.18. The van der Waals surface area contributed by atoms with Crippen LogP contribution in [0, 0.1) is 12.8 Å².